The van der Waals surface area contributed by atoms with Gasteiger partial charge in [0.15, 0.2) is 0 Å². The van der Waals surface area contributed by atoms with Crippen LogP contribution in [0.15, 0.2) is 60.7 Å². The van der Waals surface area contributed by atoms with Crippen LogP contribution in [0.5, 0.6) is 0 Å². The molecule has 1 heterocycles. The van der Waals surface area contributed by atoms with E-state index in [1.807, 2.05) is 41.3 Å². The van der Waals surface area contributed by atoms with E-state index in [9.17, 15) is 19.7 Å². The van der Waals surface area contributed by atoms with Crippen molar-refractivity contribution < 1.29 is 14.5 Å². The third-order valence-corrected chi connectivity index (χ3v) is 5.68. The number of primary amides is 1. The zero-order valence-electron chi connectivity index (χ0n) is 16.8. The van der Waals surface area contributed by atoms with Gasteiger partial charge in [-0.15, -0.1) is 0 Å². The van der Waals surface area contributed by atoms with E-state index in [1.54, 1.807) is 18.2 Å². The summed E-state index contributed by atoms with van der Waals surface area (Å²) in [4.78, 5) is 37.2. The van der Waals surface area contributed by atoms with Gasteiger partial charge < -0.3 is 16.0 Å². The number of nitro benzene ring substituents is 1. The molecule has 3 aromatic rings. The Hall–Kier alpha value is -3.94. The fourth-order valence-electron chi connectivity index (χ4n) is 3.95. The Morgan fingerprint density at radius 3 is 2.39 bits per heavy atom. The van der Waals surface area contributed by atoms with Crippen molar-refractivity contribution in [1.82, 2.24) is 0 Å². The Morgan fingerprint density at radius 1 is 1.00 bits per heavy atom. The average Bonchev–Trinajstić information content (AvgIpc) is 2.78. The zero-order chi connectivity index (χ0) is 22.0. The number of nitrogens with one attached hydrogen (secondary N) is 1. The van der Waals surface area contributed by atoms with E-state index in [4.69, 9.17) is 5.73 Å². The molecule has 4 rings (SSSR count). The third-order valence-electron chi connectivity index (χ3n) is 5.68. The van der Waals surface area contributed by atoms with Crippen LogP contribution >= 0.6 is 0 Å². The van der Waals surface area contributed by atoms with Crippen molar-refractivity contribution in [2.45, 2.75) is 12.8 Å². The van der Waals surface area contributed by atoms with Crippen molar-refractivity contribution >= 4 is 39.6 Å². The number of carbonyl (C=O) groups excluding carboxylic acids is 2. The predicted molar refractivity (Wildman–Crippen MR) is 119 cm³/mol. The number of fused-ring (bicyclic) bond motifs is 1. The highest BCUT2D eigenvalue weighted by Gasteiger charge is 2.28. The second kappa shape index (κ2) is 8.43. The molecule has 0 saturated carbocycles. The molecule has 1 saturated heterocycles. The van der Waals surface area contributed by atoms with Crippen molar-refractivity contribution in [2.24, 2.45) is 11.7 Å². The first-order valence-corrected chi connectivity index (χ1v) is 10.1. The molecule has 1 fully saturated rings. The number of anilines is 2. The number of rotatable bonds is 5. The number of carbonyl (C=O) groups is 2. The van der Waals surface area contributed by atoms with Gasteiger partial charge in [0.1, 0.15) is 5.69 Å². The van der Waals surface area contributed by atoms with Gasteiger partial charge in [-0.3, -0.25) is 19.7 Å². The maximum Gasteiger partial charge on any atom is 0.293 e. The van der Waals surface area contributed by atoms with Gasteiger partial charge in [0, 0.05) is 36.3 Å². The summed E-state index contributed by atoms with van der Waals surface area (Å²) in [6.45, 7) is 0.994. The Labute approximate surface area is 178 Å². The monoisotopic (exact) mass is 418 g/mol. The number of piperidine rings is 1. The molecule has 0 atom stereocenters. The van der Waals surface area contributed by atoms with Crippen LogP contribution in [0, 0.1) is 16.0 Å². The number of amides is 2. The summed E-state index contributed by atoms with van der Waals surface area (Å²) in [5.41, 5.74) is 6.49. The summed E-state index contributed by atoms with van der Waals surface area (Å²) < 4.78 is 0. The lowest BCUT2D eigenvalue weighted by Crippen LogP contribution is -2.38. The molecule has 31 heavy (non-hydrogen) atoms. The van der Waals surface area contributed by atoms with E-state index in [-0.39, 0.29) is 23.1 Å². The lowest BCUT2D eigenvalue weighted by Gasteiger charge is -2.32. The van der Waals surface area contributed by atoms with Crippen LogP contribution in [0.2, 0.25) is 0 Å². The van der Waals surface area contributed by atoms with Crippen LogP contribution in [0.3, 0.4) is 0 Å². The van der Waals surface area contributed by atoms with Crippen LogP contribution in [-0.4, -0.2) is 29.8 Å². The minimum atomic E-state index is -0.484. The van der Waals surface area contributed by atoms with Crippen LogP contribution in [0.4, 0.5) is 17.1 Å². The standard InChI is InChI=1S/C23H22N4O4/c24-22(28)16-9-11-26(12-10-16)20-8-6-18(14-21(20)27(30)31)23(29)25-19-7-5-15-3-1-2-4-17(15)13-19/h1-8,13-14,16H,9-12H2,(H2,24,28)(H,25,29). The minimum Gasteiger partial charge on any atom is -0.369 e. The van der Waals surface area contributed by atoms with E-state index in [2.05, 4.69) is 5.32 Å². The highest BCUT2D eigenvalue weighted by atomic mass is 16.6. The molecule has 8 heteroatoms. The van der Waals surface area contributed by atoms with Crippen LogP contribution in [0.25, 0.3) is 10.8 Å². The fourth-order valence-corrected chi connectivity index (χ4v) is 3.95. The first-order chi connectivity index (χ1) is 14.9. The summed E-state index contributed by atoms with van der Waals surface area (Å²) in [6.07, 6.45) is 1.10. The second-order valence-electron chi connectivity index (χ2n) is 7.64. The lowest BCUT2D eigenvalue weighted by molar-refractivity contribution is -0.384. The SMILES string of the molecule is NC(=O)C1CCN(c2ccc(C(=O)Nc3ccc4ccccc4c3)cc2[N+](=O)[O-])CC1. The molecule has 0 aromatic heterocycles. The molecule has 0 aliphatic carbocycles. The molecule has 3 N–H and O–H groups in total. The van der Waals surface area contributed by atoms with Gasteiger partial charge in [0.25, 0.3) is 11.6 Å². The Kier molecular flexibility index (Phi) is 5.53. The maximum absolute atomic E-state index is 12.7. The van der Waals surface area contributed by atoms with Crippen molar-refractivity contribution in [2.75, 3.05) is 23.3 Å². The molecule has 0 spiro atoms. The van der Waals surface area contributed by atoms with Crippen molar-refractivity contribution in [3.05, 3.63) is 76.3 Å². The summed E-state index contributed by atoms with van der Waals surface area (Å²) in [6, 6.07) is 17.8. The van der Waals surface area contributed by atoms with E-state index in [1.165, 1.54) is 6.07 Å². The normalized spacial score (nSPS) is 14.4. The van der Waals surface area contributed by atoms with Gasteiger partial charge in [0.05, 0.1) is 4.92 Å². The molecule has 0 bridgehead atoms. The number of nitro groups is 1. The van der Waals surface area contributed by atoms with Crippen LogP contribution in [-0.2, 0) is 4.79 Å². The van der Waals surface area contributed by atoms with Crippen molar-refractivity contribution in [3.63, 3.8) is 0 Å². The molecule has 0 radical (unpaired) electrons. The molecule has 1 aliphatic rings. The molecule has 1 aliphatic heterocycles. The van der Waals surface area contributed by atoms with Gasteiger partial charge in [0.2, 0.25) is 5.91 Å². The van der Waals surface area contributed by atoms with E-state index >= 15 is 0 Å². The van der Waals surface area contributed by atoms with E-state index in [0.717, 1.165) is 10.8 Å². The summed E-state index contributed by atoms with van der Waals surface area (Å²) >= 11 is 0. The highest BCUT2D eigenvalue weighted by molar-refractivity contribution is 6.06. The number of nitrogens with two attached hydrogens (primary N) is 1. The summed E-state index contributed by atoms with van der Waals surface area (Å²) in [7, 11) is 0. The quantitative estimate of drug-likeness (QED) is 0.484. The average molecular weight is 418 g/mol. The third kappa shape index (κ3) is 4.32. The minimum absolute atomic E-state index is 0.135. The Balaban J connectivity index is 1.54. The predicted octanol–water partition coefficient (Wildman–Crippen LogP) is 3.70. The molecule has 3 aromatic carbocycles. The number of nitrogens with zero attached hydrogens (tertiary/aromatic N) is 2. The van der Waals surface area contributed by atoms with Gasteiger partial charge >= 0.3 is 0 Å². The van der Waals surface area contributed by atoms with E-state index in [0.29, 0.717) is 37.3 Å². The van der Waals surface area contributed by atoms with Crippen LogP contribution < -0.4 is 16.0 Å². The number of hydrogen-bond acceptors (Lipinski definition) is 5. The zero-order valence-corrected chi connectivity index (χ0v) is 16.8. The highest BCUT2D eigenvalue weighted by Crippen LogP contribution is 2.32. The second-order valence-corrected chi connectivity index (χ2v) is 7.64. The van der Waals surface area contributed by atoms with Gasteiger partial charge in [-0.1, -0.05) is 30.3 Å². The maximum atomic E-state index is 12.7. The van der Waals surface area contributed by atoms with Crippen molar-refractivity contribution in [3.8, 4) is 0 Å². The number of hydrogen-bond donors (Lipinski definition) is 2. The number of benzene rings is 3. The smallest absolute Gasteiger partial charge is 0.293 e. The van der Waals surface area contributed by atoms with Crippen molar-refractivity contribution in [1.29, 1.82) is 0 Å². The molecular weight excluding hydrogens is 396 g/mol. The molecule has 8 nitrogen and oxygen atoms in total. The summed E-state index contributed by atoms with van der Waals surface area (Å²) in [5, 5.41) is 16.5. The molecule has 2 amide bonds. The fraction of sp³-hybridized carbons (Fsp3) is 0.217. The Bertz CT molecular complexity index is 1170. The molecule has 0 unspecified atom stereocenters. The topological polar surface area (TPSA) is 119 Å². The summed E-state index contributed by atoms with van der Waals surface area (Å²) in [5.74, 6) is -0.963. The first kappa shape index (κ1) is 20.3. The van der Waals surface area contributed by atoms with E-state index < -0.39 is 10.8 Å². The largest absolute Gasteiger partial charge is 0.369 e. The first-order valence-electron chi connectivity index (χ1n) is 10.1. The molecule has 158 valence electrons. The Morgan fingerprint density at radius 2 is 1.71 bits per heavy atom. The van der Waals surface area contributed by atoms with Crippen LogP contribution in [0.1, 0.15) is 23.2 Å². The molecular formula is C23H22N4O4. The lowest BCUT2D eigenvalue weighted by atomic mass is 9.95. The van der Waals surface area contributed by atoms with Gasteiger partial charge in [-0.25, -0.2) is 0 Å². The van der Waals surface area contributed by atoms with Gasteiger partial charge in [-0.05, 0) is 47.9 Å². The van der Waals surface area contributed by atoms with Gasteiger partial charge in [-0.2, -0.15) is 0 Å².